The van der Waals surface area contributed by atoms with E-state index in [1.54, 1.807) is 24.3 Å². The summed E-state index contributed by atoms with van der Waals surface area (Å²) in [4.78, 5) is 5.07. The van der Waals surface area contributed by atoms with Crippen molar-refractivity contribution in [3.8, 4) is 11.3 Å². The van der Waals surface area contributed by atoms with Crippen molar-refractivity contribution in [1.29, 1.82) is 0 Å². The summed E-state index contributed by atoms with van der Waals surface area (Å²) in [5.74, 6) is 0. The summed E-state index contributed by atoms with van der Waals surface area (Å²) in [5, 5.41) is 11.8. The fraction of sp³-hybridized carbons (Fsp3) is 0.296. The number of alkyl halides is 3. The zero-order valence-electron chi connectivity index (χ0n) is 20.9. The first-order valence-electron chi connectivity index (χ1n) is 11.5. The van der Waals surface area contributed by atoms with Gasteiger partial charge in [-0.15, -0.1) is 16.1 Å². The van der Waals surface area contributed by atoms with Crippen molar-refractivity contribution in [1.82, 2.24) is 9.71 Å². The Morgan fingerprint density at radius 3 is 2.34 bits per heavy atom. The van der Waals surface area contributed by atoms with Gasteiger partial charge in [0.1, 0.15) is 10.8 Å². The molecule has 38 heavy (non-hydrogen) atoms. The molecule has 0 fully saturated rings. The number of fused-ring (bicyclic) bond motifs is 1. The van der Waals surface area contributed by atoms with Crippen LogP contribution in [0.2, 0.25) is 10.0 Å². The third kappa shape index (κ3) is 5.84. The molecule has 0 saturated heterocycles. The van der Waals surface area contributed by atoms with Gasteiger partial charge in [0, 0.05) is 42.7 Å². The highest BCUT2D eigenvalue weighted by atomic mass is 35.5. The Morgan fingerprint density at radius 2 is 1.71 bits per heavy atom. The van der Waals surface area contributed by atoms with Crippen LogP contribution in [0.25, 0.3) is 21.3 Å². The summed E-state index contributed by atoms with van der Waals surface area (Å²) in [6.45, 7) is 6.28. The van der Waals surface area contributed by atoms with Crippen molar-refractivity contribution < 1.29 is 22.8 Å². The topological polar surface area (TPSA) is 68.2 Å². The van der Waals surface area contributed by atoms with Crippen molar-refractivity contribution in [3.05, 3.63) is 86.8 Å². The maximum absolute atomic E-state index is 13.5. The van der Waals surface area contributed by atoms with Gasteiger partial charge in [0.15, 0.2) is 5.60 Å². The third-order valence-corrected chi connectivity index (χ3v) is 9.41. The molecule has 3 atom stereocenters. The van der Waals surface area contributed by atoms with Crippen LogP contribution in [0, 0.1) is 0 Å². The smallest absolute Gasteiger partial charge is 0.421 e. The molecule has 0 aliphatic rings. The van der Waals surface area contributed by atoms with Crippen LogP contribution in [0.5, 0.6) is 0 Å². The van der Waals surface area contributed by atoms with E-state index in [2.05, 4.69) is 9.71 Å². The first-order chi connectivity index (χ1) is 17.6. The molecule has 202 valence electrons. The minimum absolute atomic E-state index is 0.230. The monoisotopic (exact) mass is 600 g/mol. The quantitative estimate of drug-likeness (QED) is 0.219. The predicted octanol–water partition coefficient (Wildman–Crippen LogP) is 8.18. The number of aliphatic hydroxyl groups is 1. The Balaban J connectivity index is 1.88. The van der Waals surface area contributed by atoms with Gasteiger partial charge >= 0.3 is 6.18 Å². The van der Waals surface area contributed by atoms with Crippen molar-refractivity contribution in [2.75, 3.05) is 0 Å². The van der Waals surface area contributed by atoms with Crippen LogP contribution in [0.4, 0.5) is 13.2 Å². The first kappa shape index (κ1) is 29.1. The Labute approximate surface area is 236 Å². The molecule has 3 unspecified atom stereocenters. The SMILES string of the molecule is CC(C)(C)[S+]([O-])NC(c1cc2cc(Cl)cc(-c3cc(C(C)(O)C(F)(F)F)ccn3)c2s1)c1ccccc1Cl. The van der Waals surface area contributed by atoms with Crippen molar-refractivity contribution in [2.24, 2.45) is 0 Å². The minimum Gasteiger partial charge on any atom is -0.598 e. The first-order valence-corrected chi connectivity index (χ1v) is 14.2. The van der Waals surface area contributed by atoms with Crippen molar-refractivity contribution in [2.45, 2.75) is 50.3 Å². The van der Waals surface area contributed by atoms with Gasteiger partial charge in [-0.3, -0.25) is 4.98 Å². The van der Waals surface area contributed by atoms with Crippen LogP contribution in [-0.4, -0.2) is 25.6 Å². The third-order valence-electron chi connectivity index (χ3n) is 6.03. The number of nitrogens with zero attached hydrogens (tertiary/aromatic N) is 1. The number of halogens is 5. The normalized spacial score (nSPS) is 15.9. The number of aromatic nitrogens is 1. The van der Waals surface area contributed by atoms with Gasteiger partial charge in [0.25, 0.3) is 0 Å². The summed E-state index contributed by atoms with van der Waals surface area (Å²) in [5.41, 5.74) is -1.92. The largest absolute Gasteiger partial charge is 0.598 e. The lowest BCUT2D eigenvalue weighted by molar-refractivity contribution is -0.258. The van der Waals surface area contributed by atoms with Gasteiger partial charge < -0.3 is 9.66 Å². The van der Waals surface area contributed by atoms with E-state index in [-0.39, 0.29) is 11.3 Å². The molecule has 0 spiro atoms. The zero-order chi connectivity index (χ0) is 28.0. The van der Waals surface area contributed by atoms with Crippen molar-refractivity contribution in [3.63, 3.8) is 0 Å². The second kappa shape index (κ2) is 10.6. The summed E-state index contributed by atoms with van der Waals surface area (Å²) >= 11 is 12.9. The highest BCUT2D eigenvalue weighted by molar-refractivity contribution is 7.90. The lowest BCUT2D eigenvalue weighted by Gasteiger charge is -2.28. The van der Waals surface area contributed by atoms with Crippen LogP contribution < -0.4 is 4.72 Å². The molecule has 0 saturated carbocycles. The van der Waals surface area contributed by atoms with Crippen LogP contribution in [0.15, 0.2) is 60.8 Å². The number of rotatable bonds is 6. The molecule has 4 nitrogen and oxygen atoms in total. The average molecular weight is 602 g/mol. The molecule has 0 aliphatic carbocycles. The average Bonchev–Trinajstić information content (AvgIpc) is 3.24. The van der Waals surface area contributed by atoms with Gasteiger partial charge in [0.2, 0.25) is 0 Å². The summed E-state index contributed by atoms with van der Waals surface area (Å²) in [6.07, 6.45) is -3.64. The van der Waals surface area contributed by atoms with Crippen LogP contribution in [-0.2, 0) is 17.0 Å². The Hall–Kier alpha value is -1.85. The summed E-state index contributed by atoms with van der Waals surface area (Å²) in [7, 11) is 0. The van der Waals surface area contributed by atoms with E-state index < -0.39 is 33.9 Å². The summed E-state index contributed by atoms with van der Waals surface area (Å²) < 4.78 is 57.0. The van der Waals surface area contributed by atoms with Gasteiger partial charge in [0.05, 0.1) is 5.69 Å². The van der Waals surface area contributed by atoms with Gasteiger partial charge in [-0.25, -0.2) is 0 Å². The minimum atomic E-state index is -4.87. The van der Waals surface area contributed by atoms with E-state index in [1.165, 1.54) is 23.6 Å². The molecule has 0 aliphatic heterocycles. The van der Waals surface area contributed by atoms with E-state index in [0.717, 1.165) is 26.6 Å². The van der Waals surface area contributed by atoms with Gasteiger partial charge in [-0.2, -0.15) is 13.2 Å². The number of pyridine rings is 1. The molecule has 0 amide bonds. The molecule has 4 rings (SSSR count). The van der Waals surface area contributed by atoms with E-state index in [1.807, 2.05) is 39.0 Å². The lowest BCUT2D eigenvalue weighted by Crippen LogP contribution is -2.41. The molecule has 4 aromatic rings. The summed E-state index contributed by atoms with van der Waals surface area (Å²) in [6, 6.07) is 14.3. The lowest BCUT2D eigenvalue weighted by atomic mass is 9.94. The zero-order valence-corrected chi connectivity index (χ0v) is 24.0. The maximum atomic E-state index is 13.5. The van der Waals surface area contributed by atoms with Gasteiger partial charge in [-0.05, 0) is 80.6 Å². The predicted molar refractivity (Wildman–Crippen MR) is 150 cm³/mol. The van der Waals surface area contributed by atoms with E-state index in [0.29, 0.717) is 22.5 Å². The molecular weight excluding hydrogens is 576 g/mol. The standard InChI is InChI=1S/C27H25Cl2F3N2O2S2/c1-25(2,3)38(36)34-23(18-7-5-6-8-20(18)29)22-12-15-11-17(28)14-19(24(15)37-22)21-13-16(9-10-33-21)26(4,35)27(30,31)32/h5-14,23,34-35H,1-4H3. The van der Waals surface area contributed by atoms with E-state index in [4.69, 9.17) is 23.2 Å². The highest BCUT2D eigenvalue weighted by Gasteiger charge is 2.51. The number of nitrogens with one attached hydrogen (secondary N) is 1. The Kier molecular flexibility index (Phi) is 8.14. The fourth-order valence-corrected chi connectivity index (χ4v) is 6.38. The molecule has 2 N–H and O–H groups in total. The molecule has 2 aromatic heterocycles. The van der Waals surface area contributed by atoms with Crippen LogP contribution in [0.3, 0.4) is 0 Å². The molecular formula is C27H25Cl2F3N2O2S2. The Morgan fingerprint density at radius 1 is 1.03 bits per heavy atom. The molecule has 0 bridgehead atoms. The van der Waals surface area contributed by atoms with E-state index in [9.17, 15) is 22.8 Å². The number of hydrogen-bond acceptors (Lipinski definition) is 5. The molecule has 2 aromatic carbocycles. The second-order valence-electron chi connectivity index (χ2n) is 9.97. The van der Waals surface area contributed by atoms with Gasteiger partial charge in [-0.1, -0.05) is 41.4 Å². The molecule has 0 radical (unpaired) electrons. The van der Waals surface area contributed by atoms with Crippen LogP contribution in [0.1, 0.15) is 49.7 Å². The Bertz CT molecular complexity index is 1470. The van der Waals surface area contributed by atoms with E-state index >= 15 is 0 Å². The number of hydrogen-bond donors (Lipinski definition) is 2. The fourth-order valence-electron chi connectivity index (χ4n) is 3.78. The maximum Gasteiger partial charge on any atom is 0.421 e. The molecule has 11 heteroatoms. The van der Waals surface area contributed by atoms with Crippen molar-refractivity contribution >= 4 is 56.0 Å². The molecule has 2 heterocycles. The van der Waals surface area contributed by atoms with Crippen LogP contribution >= 0.6 is 34.5 Å². The number of thiophene rings is 1. The highest BCUT2D eigenvalue weighted by Crippen LogP contribution is 2.43. The second-order valence-corrected chi connectivity index (χ2v) is 13.9. The number of benzene rings is 2.